The van der Waals surface area contributed by atoms with Crippen molar-refractivity contribution in [3.05, 3.63) is 65.6 Å². The Balaban J connectivity index is 1.49. The summed E-state index contributed by atoms with van der Waals surface area (Å²) < 4.78 is 23.3. The second kappa shape index (κ2) is 8.22. The second-order valence-corrected chi connectivity index (χ2v) is 9.89. The number of thioether (sulfide) groups is 1. The van der Waals surface area contributed by atoms with Gasteiger partial charge < -0.3 is 0 Å². The fourth-order valence-electron chi connectivity index (χ4n) is 3.42. The van der Waals surface area contributed by atoms with Gasteiger partial charge in [0, 0.05) is 49.6 Å². The largest absolute Gasteiger partial charge is 0.293 e. The van der Waals surface area contributed by atoms with E-state index in [9.17, 15) is 8.42 Å². The average Bonchev–Trinajstić information content (AvgIpc) is 2.73. The van der Waals surface area contributed by atoms with Gasteiger partial charge in [0.15, 0.2) is 15.0 Å². The lowest BCUT2D eigenvalue weighted by molar-refractivity contribution is 0.239. The van der Waals surface area contributed by atoms with E-state index < -0.39 is 9.84 Å². The zero-order chi connectivity index (χ0) is 20.4. The maximum Gasteiger partial charge on any atom is 0.187 e. The normalized spacial score (nSPS) is 14.6. The molecule has 0 N–H and O–H groups in total. The predicted octanol–water partition coefficient (Wildman–Crippen LogP) is 3.22. The van der Waals surface area contributed by atoms with Crippen LogP contribution in [-0.2, 0) is 29.3 Å². The van der Waals surface area contributed by atoms with Gasteiger partial charge in [-0.15, -0.1) is 0 Å². The Labute approximate surface area is 175 Å². The van der Waals surface area contributed by atoms with Gasteiger partial charge in [-0.05, 0) is 30.5 Å². The molecule has 0 atom stereocenters. The van der Waals surface area contributed by atoms with Gasteiger partial charge >= 0.3 is 0 Å². The Morgan fingerprint density at radius 2 is 1.90 bits per heavy atom. The van der Waals surface area contributed by atoms with Gasteiger partial charge in [0.2, 0.25) is 0 Å². The number of hydrogen-bond acceptors (Lipinski definition) is 7. The van der Waals surface area contributed by atoms with E-state index in [0.717, 1.165) is 53.9 Å². The van der Waals surface area contributed by atoms with Crippen LogP contribution in [0.5, 0.6) is 0 Å². The van der Waals surface area contributed by atoms with Crippen molar-refractivity contribution in [2.24, 2.45) is 0 Å². The Morgan fingerprint density at radius 3 is 2.62 bits per heavy atom. The van der Waals surface area contributed by atoms with Crippen molar-refractivity contribution < 1.29 is 8.42 Å². The van der Waals surface area contributed by atoms with E-state index in [-0.39, 0.29) is 0 Å². The van der Waals surface area contributed by atoms with E-state index >= 15 is 0 Å². The molecule has 0 radical (unpaired) electrons. The molecule has 8 heteroatoms. The summed E-state index contributed by atoms with van der Waals surface area (Å²) in [6.07, 6.45) is 6.06. The van der Waals surface area contributed by atoms with E-state index in [4.69, 9.17) is 4.98 Å². The van der Waals surface area contributed by atoms with Gasteiger partial charge in [0.25, 0.3) is 0 Å². The summed E-state index contributed by atoms with van der Waals surface area (Å²) in [6.45, 7) is 2.50. The molecule has 29 heavy (non-hydrogen) atoms. The lowest BCUT2D eigenvalue weighted by Crippen LogP contribution is -2.31. The Kier molecular flexibility index (Phi) is 5.67. The molecule has 2 aromatic heterocycles. The highest BCUT2D eigenvalue weighted by Crippen LogP contribution is 2.23. The molecule has 0 fully saturated rings. The van der Waals surface area contributed by atoms with Crippen LogP contribution in [0.2, 0.25) is 0 Å². The van der Waals surface area contributed by atoms with Gasteiger partial charge in [0.05, 0.1) is 22.0 Å². The summed E-state index contributed by atoms with van der Waals surface area (Å²) in [4.78, 5) is 16.5. The molecule has 0 unspecified atom stereocenters. The van der Waals surface area contributed by atoms with Crippen molar-refractivity contribution in [2.45, 2.75) is 29.6 Å². The van der Waals surface area contributed by atoms with Crippen molar-refractivity contribution in [3.8, 4) is 11.3 Å². The number of rotatable bonds is 5. The second-order valence-electron chi connectivity index (χ2n) is 7.10. The van der Waals surface area contributed by atoms with Crippen LogP contribution in [0.1, 0.15) is 17.0 Å². The highest BCUT2D eigenvalue weighted by atomic mass is 32.2. The molecule has 0 saturated heterocycles. The maximum absolute atomic E-state index is 11.6. The average molecular weight is 427 g/mol. The molecule has 4 rings (SSSR count). The first-order chi connectivity index (χ1) is 13.9. The number of nitrogens with zero attached hydrogens (tertiary/aromatic N) is 4. The number of aromatic nitrogens is 3. The van der Waals surface area contributed by atoms with Crippen LogP contribution in [-0.4, -0.2) is 47.3 Å². The highest BCUT2D eigenvalue weighted by Gasteiger charge is 2.19. The third kappa shape index (κ3) is 4.66. The van der Waals surface area contributed by atoms with Gasteiger partial charge in [-0.25, -0.2) is 18.4 Å². The molecule has 150 valence electrons. The van der Waals surface area contributed by atoms with Crippen molar-refractivity contribution in [2.75, 3.05) is 19.1 Å². The van der Waals surface area contributed by atoms with E-state index in [1.807, 2.05) is 30.7 Å². The van der Waals surface area contributed by atoms with Crippen LogP contribution in [0.15, 0.2) is 58.7 Å². The van der Waals surface area contributed by atoms with Crippen LogP contribution in [0, 0.1) is 0 Å². The molecular formula is C21H22N4O2S2. The summed E-state index contributed by atoms with van der Waals surface area (Å²) in [7, 11) is -3.20. The van der Waals surface area contributed by atoms with Gasteiger partial charge in [-0.1, -0.05) is 30.0 Å². The van der Waals surface area contributed by atoms with Crippen LogP contribution in [0.3, 0.4) is 0 Å². The van der Waals surface area contributed by atoms with E-state index in [2.05, 4.69) is 14.9 Å². The van der Waals surface area contributed by atoms with E-state index in [1.165, 1.54) is 11.8 Å². The fraction of sp³-hybridized carbons (Fsp3) is 0.286. The zero-order valence-corrected chi connectivity index (χ0v) is 18.0. The highest BCUT2D eigenvalue weighted by molar-refractivity contribution is 7.98. The first-order valence-electron chi connectivity index (χ1n) is 9.30. The predicted molar refractivity (Wildman–Crippen MR) is 114 cm³/mol. The summed E-state index contributed by atoms with van der Waals surface area (Å²) in [5, 5.41) is 0.827. The van der Waals surface area contributed by atoms with Crippen LogP contribution in [0.4, 0.5) is 0 Å². The molecule has 6 nitrogen and oxygen atoms in total. The van der Waals surface area contributed by atoms with Crippen LogP contribution < -0.4 is 0 Å². The number of pyridine rings is 1. The Hall–Kier alpha value is -2.29. The fourth-order valence-corrected chi connectivity index (χ4v) is 4.41. The summed E-state index contributed by atoms with van der Waals surface area (Å²) in [6, 6.07) is 12.8. The maximum atomic E-state index is 11.6. The molecule has 3 heterocycles. The minimum atomic E-state index is -3.20. The van der Waals surface area contributed by atoms with Crippen molar-refractivity contribution >= 4 is 21.6 Å². The molecular weight excluding hydrogens is 404 g/mol. The van der Waals surface area contributed by atoms with E-state index in [1.54, 1.807) is 36.0 Å². The minimum Gasteiger partial charge on any atom is -0.293 e. The molecule has 1 aromatic carbocycles. The topological polar surface area (TPSA) is 76.1 Å². The molecule has 1 aliphatic heterocycles. The molecule has 0 aliphatic carbocycles. The number of sulfone groups is 1. The molecule has 0 spiro atoms. The summed E-state index contributed by atoms with van der Waals surface area (Å²) in [5.74, 6) is 0. The third-order valence-corrected chi connectivity index (χ3v) is 6.63. The molecule has 0 bridgehead atoms. The van der Waals surface area contributed by atoms with Gasteiger partial charge in [-0.2, -0.15) is 0 Å². The first-order valence-corrected chi connectivity index (χ1v) is 12.4. The third-order valence-electron chi connectivity index (χ3n) is 4.94. The Bertz CT molecular complexity index is 1130. The lowest BCUT2D eigenvalue weighted by atomic mass is 10.1. The van der Waals surface area contributed by atoms with Crippen molar-refractivity contribution in [3.63, 3.8) is 0 Å². The summed E-state index contributed by atoms with van der Waals surface area (Å²) in [5.41, 5.74) is 5.06. The minimum absolute atomic E-state index is 0.316. The molecule has 3 aromatic rings. The molecule has 0 amide bonds. The summed E-state index contributed by atoms with van der Waals surface area (Å²) >= 11 is 1.57. The number of hydrogen-bond donors (Lipinski definition) is 0. The first kappa shape index (κ1) is 20.0. The zero-order valence-electron chi connectivity index (χ0n) is 16.4. The van der Waals surface area contributed by atoms with Gasteiger partial charge in [-0.3, -0.25) is 9.88 Å². The quantitative estimate of drug-likeness (QED) is 0.458. The lowest BCUT2D eigenvalue weighted by Gasteiger charge is -2.27. The van der Waals surface area contributed by atoms with Crippen LogP contribution >= 0.6 is 11.8 Å². The van der Waals surface area contributed by atoms with Crippen molar-refractivity contribution in [1.29, 1.82) is 0 Å². The smallest absolute Gasteiger partial charge is 0.187 e. The van der Waals surface area contributed by atoms with Gasteiger partial charge in [0.1, 0.15) is 0 Å². The molecule has 1 aliphatic rings. The van der Waals surface area contributed by atoms with Crippen LogP contribution in [0.25, 0.3) is 11.3 Å². The number of benzene rings is 1. The van der Waals surface area contributed by atoms with E-state index in [0.29, 0.717) is 4.90 Å². The van der Waals surface area contributed by atoms with Crippen molar-refractivity contribution in [1.82, 2.24) is 19.9 Å². The SMILES string of the molecule is CSc1ncc2c(n1)CCN(Cc1cccc(-c3ccc(S(C)(=O)=O)cc3)n1)C2. The monoisotopic (exact) mass is 426 g/mol. The Morgan fingerprint density at radius 1 is 1.10 bits per heavy atom. The number of fused-ring (bicyclic) bond motifs is 1. The standard InChI is InChI=1S/C21H22N4O2S2/c1-28-21-22-12-16-13-25(11-10-20(16)24-21)14-17-4-3-5-19(23-17)15-6-8-18(9-7-15)29(2,26)27/h3-9,12H,10-11,13-14H2,1-2H3. The molecule has 0 saturated carbocycles.